The Morgan fingerprint density at radius 2 is 1.82 bits per heavy atom. The van der Waals surface area contributed by atoms with Crippen molar-refractivity contribution >= 4 is 15.5 Å². The lowest BCUT2D eigenvalue weighted by molar-refractivity contribution is 0.601. The maximum Gasteiger partial charge on any atom is 0.151 e. The first-order valence-electron chi connectivity index (χ1n) is 7.60. The van der Waals surface area contributed by atoms with Crippen molar-refractivity contribution in [3.05, 3.63) is 65.2 Å². The molecule has 0 bridgehead atoms. The molecule has 1 atom stereocenters. The lowest BCUT2D eigenvalue weighted by Crippen LogP contribution is -2.12. The van der Waals surface area contributed by atoms with Gasteiger partial charge in [0.15, 0.2) is 9.84 Å². The van der Waals surface area contributed by atoms with E-state index in [1.807, 2.05) is 24.3 Å². The van der Waals surface area contributed by atoms with Gasteiger partial charge in [0.1, 0.15) is 0 Å². The van der Waals surface area contributed by atoms with Crippen LogP contribution in [0.15, 0.2) is 48.5 Å². The molecule has 0 heterocycles. The van der Waals surface area contributed by atoms with Gasteiger partial charge < -0.3 is 5.32 Å². The summed E-state index contributed by atoms with van der Waals surface area (Å²) in [5.74, 6) is 0.583. The summed E-state index contributed by atoms with van der Waals surface area (Å²) in [7, 11) is -3.03. The summed E-state index contributed by atoms with van der Waals surface area (Å²) in [6.45, 7) is 0.845. The zero-order chi connectivity index (χ0) is 15.6. The molecule has 0 saturated heterocycles. The lowest BCUT2D eigenvalue weighted by Gasteiger charge is -2.16. The van der Waals surface area contributed by atoms with Crippen LogP contribution in [0, 0.1) is 0 Å². The Balaban J connectivity index is 1.73. The molecule has 3 nitrogen and oxygen atoms in total. The van der Waals surface area contributed by atoms with Crippen molar-refractivity contribution in [2.24, 2.45) is 0 Å². The van der Waals surface area contributed by atoms with Crippen LogP contribution in [0.3, 0.4) is 0 Å². The van der Waals surface area contributed by atoms with Crippen molar-refractivity contribution in [2.45, 2.75) is 24.5 Å². The average Bonchev–Trinajstić information content (AvgIpc) is 2.88. The minimum Gasteiger partial charge on any atom is -0.384 e. The summed E-state index contributed by atoms with van der Waals surface area (Å²) < 4.78 is 23.1. The molecule has 1 N–H and O–H groups in total. The molecule has 116 valence electrons. The van der Waals surface area contributed by atoms with Crippen LogP contribution in [0.25, 0.3) is 0 Å². The molecule has 0 saturated carbocycles. The number of benzene rings is 2. The fourth-order valence-electron chi connectivity index (χ4n) is 3.19. The van der Waals surface area contributed by atoms with Crippen LogP contribution in [-0.2, 0) is 22.0 Å². The number of hydrogen-bond donors (Lipinski definition) is 1. The number of nitrogens with one attached hydrogen (secondary N) is 1. The first-order chi connectivity index (χ1) is 10.5. The fraction of sp³-hybridized carbons (Fsp3) is 0.333. The van der Waals surface area contributed by atoms with Gasteiger partial charge in [0.2, 0.25) is 0 Å². The Labute approximate surface area is 132 Å². The van der Waals surface area contributed by atoms with Crippen LogP contribution >= 0.6 is 0 Å². The van der Waals surface area contributed by atoms with E-state index in [0.717, 1.165) is 30.6 Å². The molecule has 0 fully saturated rings. The quantitative estimate of drug-likeness (QED) is 0.920. The van der Waals surface area contributed by atoms with E-state index in [1.165, 1.54) is 17.4 Å². The van der Waals surface area contributed by atoms with E-state index in [-0.39, 0.29) is 5.75 Å². The van der Waals surface area contributed by atoms with Crippen LogP contribution in [0.1, 0.15) is 29.0 Å². The van der Waals surface area contributed by atoms with Gasteiger partial charge in [0, 0.05) is 24.4 Å². The number of sulfone groups is 1. The topological polar surface area (TPSA) is 46.2 Å². The molecule has 2 aromatic rings. The molecule has 3 rings (SSSR count). The van der Waals surface area contributed by atoms with Crippen molar-refractivity contribution in [1.29, 1.82) is 0 Å². The Bertz CT molecular complexity index is 768. The van der Waals surface area contributed by atoms with Crippen LogP contribution < -0.4 is 5.32 Å². The third-order valence-electron chi connectivity index (χ3n) is 4.23. The fourth-order valence-corrected chi connectivity index (χ4v) is 4.01. The Morgan fingerprint density at radius 1 is 1.09 bits per heavy atom. The second-order valence-electron chi connectivity index (χ2n) is 6.04. The van der Waals surface area contributed by atoms with Gasteiger partial charge >= 0.3 is 0 Å². The molecule has 0 aliphatic heterocycles. The third kappa shape index (κ3) is 3.50. The number of para-hydroxylation sites is 1. The van der Waals surface area contributed by atoms with E-state index in [1.54, 1.807) is 0 Å². The predicted molar refractivity (Wildman–Crippen MR) is 91.0 cm³/mol. The smallest absolute Gasteiger partial charge is 0.151 e. The number of rotatable bonds is 5. The maximum absolute atomic E-state index is 11.5. The highest BCUT2D eigenvalue weighted by Crippen LogP contribution is 2.33. The van der Waals surface area contributed by atoms with Gasteiger partial charge in [-0.1, -0.05) is 42.5 Å². The zero-order valence-corrected chi connectivity index (χ0v) is 13.6. The highest BCUT2D eigenvalue weighted by atomic mass is 32.2. The van der Waals surface area contributed by atoms with E-state index >= 15 is 0 Å². The summed E-state index contributed by atoms with van der Waals surface area (Å²) in [6.07, 6.45) is 3.56. The van der Waals surface area contributed by atoms with Crippen molar-refractivity contribution in [3.8, 4) is 0 Å². The van der Waals surface area contributed by atoms with Gasteiger partial charge in [-0.15, -0.1) is 0 Å². The van der Waals surface area contributed by atoms with Crippen molar-refractivity contribution < 1.29 is 8.42 Å². The van der Waals surface area contributed by atoms with Crippen molar-refractivity contribution in [1.82, 2.24) is 0 Å². The summed E-state index contributed by atoms with van der Waals surface area (Å²) in [4.78, 5) is 0. The van der Waals surface area contributed by atoms with Gasteiger partial charge in [0.25, 0.3) is 0 Å². The summed E-state index contributed by atoms with van der Waals surface area (Å²) in [5, 5.41) is 3.45. The Kier molecular flexibility index (Phi) is 4.21. The minimum absolute atomic E-state index is 0.0808. The number of hydrogen-bond acceptors (Lipinski definition) is 3. The van der Waals surface area contributed by atoms with Crippen LogP contribution in [0.2, 0.25) is 0 Å². The molecule has 1 aliphatic rings. The average molecular weight is 315 g/mol. The molecule has 1 unspecified atom stereocenters. The Hall–Kier alpha value is -1.81. The summed E-state index contributed by atoms with van der Waals surface area (Å²) >= 11 is 0. The van der Waals surface area contributed by atoms with E-state index in [9.17, 15) is 8.42 Å². The standard InChI is InChI=1S/C18H21NO2S/c1-22(20,21)13-16-7-3-5-9-18(16)19-12-15-11-10-14-6-2-4-8-17(14)15/h2-9,15,19H,10-13H2,1H3. The van der Waals surface area contributed by atoms with Gasteiger partial charge in [-0.2, -0.15) is 0 Å². The first kappa shape index (κ1) is 15.1. The zero-order valence-electron chi connectivity index (χ0n) is 12.7. The van der Waals surface area contributed by atoms with Crippen LogP contribution in [0.5, 0.6) is 0 Å². The lowest BCUT2D eigenvalue weighted by atomic mass is 10.0. The second-order valence-corrected chi connectivity index (χ2v) is 8.18. The largest absolute Gasteiger partial charge is 0.384 e. The van der Waals surface area contributed by atoms with E-state index in [2.05, 4.69) is 29.6 Å². The maximum atomic E-state index is 11.5. The van der Waals surface area contributed by atoms with Crippen molar-refractivity contribution in [2.75, 3.05) is 18.1 Å². The normalized spacial score (nSPS) is 17.2. The summed E-state index contributed by atoms with van der Waals surface area (Å²) in [5.41, 5.74) is 4.64. The van der Waals surface area contributed by atoms with E-state index < -0.39 is 9.84 Å². The second kappa shape index (κ2) is 6.13. The molecule has 0 radical (unpaired) electrons. The number of anilines is 1. The molecule has 0 spiro atoms. The summed E-state index contributed by atoms with van der Waals surface area (Å²) in [6, 6.07) is 16.3. The van der Waals surface area contributed by atoms with Crippen molar-refractivity contribution in [3.63, 3.8) is 0 Å². The van der Waals surface area contributed by atoms with Crippen LogP contribution in [0.4, 0.5) is 5.69 Å². The molecule has 0 aromatic heterocycles. The van der Waals surface area contributed by atoms with Crippen LogP contribution in [-0.4, -0.2) is 21.2 Å². The number of aryl methyl sites for hydroxylation is 1. The first-order valence-corrected chi connectivity index (χ1v) is 9.66. The molecule has 4 heteroatoms. The molecular formula is C18H21NO2S. The Morgan fingerprint density at radius 3 is 2.64 bits per heavy atom. The molecular weight excluding hydrogens is 294 g/mol. The van der Waals surface area contributed by atoms with Gasteiger partial charge in [-0.3, -0.25) is 0 Å². The molecule has 1 aliphatic carbocycles. The predicted octanol–water partition coefficient (Wildman–Crippen LogP) is 3.37. The number of fused-ring (bicyclic) bond motifs is 1. The minimum atomic E-state index is -3.03. The highest BCUT2D eigenvalue weighted by molar-refractivity contribution is 7.89. The monoisotopic (exact) mass is 315 g/mol. The molecule has 2 aromatic carbocycles. The highest BCUT2D eigenvalue weighted by Gasteiger charge is 2.21. The van der Waals surface area contributed by atoms with Gasteiger partial charge in [-0.25, -0.2) is 8.42 Å². The third-order valence-corrected chi connectivity index (χ3v) is 5.07. The van der Waals surface area contributed by atoms with E-state index in [4.69, 9.17) is 0 Å². The van der Waals surface area contributed by atoms with E-state index in [0.29, 0.717) is 5.92 Å². The SMILES string of the molecule is CS(=O)(=O)Cc1ccccc1NCC1CCc2ccccc21. The van der Waals surface area contributed by atoms with Gasteiger partial charge in [0.05, 0.1) is 5.75 Å². The molecule has 22 heavy (non-hydrogen) atoms. The van der Waals surface area contributed by atoms with Gasteiger partial charge in [-0.05, 0) is 35.6 Å². The molecule has 0 amide bonds.